The molecule has 3 rings (SSSR count). The zero-order valence-corrected chi connectivity index (χ0v) is 13.2. The molecule has 1 aliphatic heterocycles. The Morgan fingerprint density at radius 1 is 0.955 bits per heavy atom. The first-order valence-electron chi connectivity index (χ1n) is 7.22. The standard InChI is InChI=1S/C15H19BN4O2/c1-14(2)15(3,4)22-16(21-14)11-5-8-18-13(9-11)20-12-6-7-17-10-19-12/h5-10H,1-4H3,(H,17,18,19,20). The summed E-state index contributed by atoms with van der Waals surface area (Å²) in [5, 5.41) is 3.14. The SMILES string of the molecule is CC1(C)OB(c2ccnc(Nc3ccncn3)c2)OC1(C)C. The van der Waals surface area contributed by atoms with Crippen molar-refractivity contribution in [3.05, 3.63) is 36.9 Å². The minimum Gasteiger partial charge on any atom is -0.399 e. The summed E-state index contributed by atoms with van der Waals surface area (Å²) in [6.45, 7) is 8.14. The quantitative estimate of drug-likeness (QED) is 0.873. The van der Waals surface area contributed by atoms with Crippen LogP contribution in [0.1, 0.15) is 27.7 Å². The van der Waals surface area contributed by atoms with E-state index in [-0.39, 0.29) is 11.2 Å². The molecule has 0 bridgehead atoms. The van der Waals surface area contributed by atoms with Gasteiger partial charge < -0.3 is 14.6 Å². The molecule has 0 spiro atoms. The van der Waals surface area contributed by atoms with Gasteiger partial charge in [0.15, 0.2) is 0 Å². The van der Waals surface area contributed by atoms with Crippen LogP contribution in [0, 0.1) is 0 Å². The number of anilines is 2. The third-order valence-corrected chi connectivity index (χ3v) is 4.15. The molecule has 0 aromatic carbocycles. The van der Waals surface area contributed by atoms with Crippen LogP contribution in [0.2, 0.25) is 0 Å². The van der Waals surface area contributed by atoms with E-state index >= 15 is 0 Å². The van der Waals surface area contributed by atoms with Crippen molar-refractivity contribution in [2.75, 3.05) is 5.32 Å². The summed E-state index contributed by atoms with van der Waals surface area (Å²) >= 11 is 0. The highest BCUT2D eigenvalue weighted by molar-refractivity contribution is 6.62. The molecule has 0 saturated carbocycles. The van der Waals surface area contributed by atoms with E-state index in [1.54, 1.807) is 18.5 Å². The molecule has 1 saturated heterocycles. The van der Waals surface area contributed by atoms with Crippen molar-refractivity contribution >= 4 is 24.2 Å². The lowest BCUT2D eigenvalue weighted by atomic mass is 9.80. The molecule has 2 aromatic heterocycles. The van der Waals surface area contributed by atoms with Crippen LogP contribution in [-0.4, -0.2) is 33.3 Å². The van der Waals surface area contributed by atoms with Gasteiger partial charge in [0.1, 0.15) is 18.0 Å². The number of aromatic nitrogens is 3. The third kappa shape index (κ3) is 2.82. The van der Waals surface area contributed by atoms with Gasteiger partial charge >= 0.3 is 7.12 Å². The topological polar surface area (TPSA) is 69.2 Å². The molecule has 7 heteroatoms. The maximum Gasteiger partial charge on any atom is 0.495 e. The van der Waals surface area contributed by atoms with Gasteiger partial charge in [-0.2, -0.15) is 0 Å². The summed E-state index contributed by atoms with van der Waals surface area (Å²) in [6.07, 6.45) is 4.89. The highest BCUT2D eigenvalue weighted by Gasteiger charge is 2.51. The van der Waals surface area contributed by atoms with Crippen LogP contribution in [0.4, 0.5) is 11.6 Å². The zero-order valence-electron chi connectivity index (χ0n) is 13.2. The number of nitrogens with zero attached hydrogens (tertiary/aromatic N) is 3. The summed E-state index contributed by atoms with van der Waals surface area (Å²) in [5.74, 6) is 1.37. The second kappa shape index (κ2) is 5.33. The summed E-state index contributed by atoms with van der Waals surface area (Å²) in [6, 6.07) is 5.58. The molecule has 0 amide bonds. The van der Waals surface area contributed by atoms with Crippen molar-refractivity contribution in [1.29, 1.82) is 0 Å². The fourth-order valence-corrected chi connectivity index (χ4v) is 2.14. The Balaban J connectivity index is 1.81. The molecule has 0 radical (unpaired) electrons. The van der Waals surface area contributed by atoms with Crippen molar-refractivity contribution < 1.29 is 9.31 Å². The van der Waals surface area contributed by atoms with Crippen molar-refractivity contribution in [1.82, 2.24) is 15.0 Å². The van der Waals surface area contributed by atoms with E-state index < -0.39 is 7.12 Å². The maximum atomic E-state index is 6.05. The average Bonchev–Trinajstić information content (AvgIpc) is 2.69. The lowest BCUT2D eigenvalue weighted by Gasteiger charge is -2.32. The molecule has 1 aliphatic rings. The van der Waals surface area contributed by atoms with Gasteiger partial charge in [-0.1, -0.05) is 0 Å². The van der Waals surface area contributed by atoms with Crippen LogP contribution in [-0.2, 0) is 9.31 Å². The second-order valence-corrected chi connectivity index (χ2v) is 6.28. The Hall–Kier alpha value is -1.99. The Labute approximate surface area is 130 Å². The third-order valence-electron chi connectivity index (χ3n) is 4.15. The molecule has 0 unspecified atom stereocenters. The van der Waals surface area contributed by atoms with Crippen molar-refractivity contribution in [2.24, 2.45) is 0 Å². The lowest BCUT2D eigenvalue weighted by Crippen LogP contribution is -2.41. The normalized spacial score (nSPS) is 19.2. The van der Waals surface area contributed by atoms with E-state index in [0.29, 0.717) is 11.6 Å². The predicted octanol–water partition coefficient (Wildman–Crippen LogP) is 1.91. The van der Waals surface area contributed by atoms with Gasteiger partial charge in [0.2, 0.25) is 0 Å². The van der Waals surface area contributed by atoms with Gasteiger partial charge in [0, 0.05) is 12.4 Å². The van der Waals surface area contributed by atoms with Crippen LogP contribution in [0.25, 0.3) is 0 Å². The van der Waals surface area contributed by atoms with E-state index in [1.807, 2.05) is 39.8 Å². The number of nitrogens with one attached hydrogen (secondary N) is 1. The molecule has 2 aromatic rings. The Morgan fingerprint density at radius 2 is 1.68 bits per heavy atom. The molecular weight excluding hydrogens is 279 g/mol. The van der Waals surface area contributed by atoms with Gasteiger partial charge in [-0.3, -0.25) is 0 Å². The van der Waals surface area contributed by atoms with Gasteiger partial charge in [-0.25, -0.2) is 15.0 Å². The van der Waals surface area contributed by atoms with Crippen LogP contribution >= 0.6 is 0 Å². The van der Waals surface area contributed by atoms with Crippen molar-refractivity contribution in [2.45, 2.75) is 38.9 Å². The van der Waals surface area contributed by atoms with E-state index in [9.17, 15) is 0 Å². The molecule has 0 aliphatic carbocycles. The van der Waals surface area contributed by atoms with E-state index in [1.165, 1.54) is 6.33 Å². The zero-order chi connectivity index (χ0) is 15.8. The monoisotopic (exact) mass is 298 g/mol. The molecule has 6 nitrogen and oxygen atoms in total. The Bertz CT molecular complexity index is 648. The summed E-state index contributed by atoms with van der Waals surface area (Å²) in [7, 11) is -0.404. The van der Waals surface area contributed by atoms with E-state index in [0.717, 1.165) is 5.46 Å². The van der Waals surface area contributed by atoms with Gasteiger partial charge in [0.05, 0.1) is 11.2 Å². The average molecular weight is 298 g/mol. The summed E-state index contributed by atoms with van der Waals surface area (Å²) in [4.78, 5) is 12.3. The minimum absolute atomic E-state index is 0.360. The first-order valence-corrected chi connectivity index (χ1v) is 7.22. The van der Waals surface area contributed by atoms with E-state index in [4.69, 9.17) is 9.31 Å². The largest absolute Gasteiger partial charge is 0.495 e. The second-order valence-electron chi connectivity index (χ2n) is 6.28. The van der Waals surface area contributed by atoms with Crippen LogP contribution < -0.4 is 10.8 Å². The van der Waals surface area contributed by atoms with Crippen LogP contribution in [0.15, 0.2) is 36.9 Å². The predicted molar refractivity (Wildman–Crippen MR) is 85.3 cm³/mol. The first kappa shape index (κ1) is 14.9. The molecular formula is C15H19BN4O2. The molecule has 0 atom stereocenters. The van der Waals surface area contributed by atoms with Crippen LogP contribution in [0.3, 0.4) is 0 Å². The number of hydrogen-bond acceptors (Lipinski definition) is 6. The maximum absolute atomic E-state index is 6.05. The minimum atomic E-state index is -0.404. The fourth-order valence-electron chi connectivity index (χ4n) is 2.14. The van der Waals surface area contributed by atoms with Gasteiger partial charge in [-0.15, -0.1) is 0 Å². The summed E-state index contributed by atoms with van der Waals surface area (Å²) in [5.41, 5.74) is 0.202. The number of pyridine rings is 1. The van der Waals surface area contributed by atoms with Gasteiger partial charge in [-0.05, 0) is 51.4 Å². The van der Waals surface area contributed by atoms with Crippen LogP contribution in [0.5, 0.6) is 0 Å². The fraction of sp³-hybridized carbons (Fsp3) is 0.400. The summed E-state index contributed by atoms with van der Waals surface area (Å²) < 4.78 is 12.1. The van der Waals surface area contributed by atoms with E-state index in [2.05, 4.69) is 20.3 Å². The molecule has 3 heterocycles. The molecule has 1 fully saturated rings. The van der Waals surface area contributed by atoms with Crippen molar-refractivity contribution in [3.63, 3.8) is 0 Å². The molecule has 1 N–H and O–H groups in total. The Kier molecular flexibility index (Phi) is 3.62. The Morgan fingerprint density at radius 3 is 2.32 bits per heavy atom. The molecule has 114 valence electrons. The highest BCUT2D eigenvalue weighted by atomic mass is 16.7. The smallest absolute Gasteiger partial charge is 0.399 e. The number of rotatable bonds is 3. The molecule has 22 heavy (non-hydrogen) atoms. The lowest BCUT2D eigenvalue weighted by molar-refractivity contribution is 0.00578. The highest BCUT2D eigenvalue weighted by Crippen LogP contribution is 2.36. The van der Waals surface area contributed by atoms with Crippen molar-refractivity contribution in [3.8, 4) is 0 Å². The van der Waals surface area contributed by atoms with Gasteiger partial charge in [0.25, 0.3) is 0 Å². The first-order chi connectivity index (χ1) is 10.4. The number of hydrogen-bond donors (Lipinski definition) is 1.